The number of anilines is 1. The van der Waals surface area contributed by atoms with Crippen molar-refractivity contribution < 1.29 is 9.53 Å². The third kappa shape index (κ3) is 3.39. The Labute approximate surface area is 118 Å². The van der Waals surface area contributed by atoms with Crippen LogP contribution in [-0.2, 0) is 16.0 Å². The lowest BCUT2D eigenvalue weighted by Crippen LogP contribution is -2.33. The van der Waals surface area contributed by atoms with Crippen LogP contribution in [0.5, 0.6) is 0 Å². The first-order chi connectivity index (χ1) is 9.11. The monoisotopic (exact) mass is 282 g/mol. The number of nitrogens with two attached hydrogens (primary N) is 1. The highest BCUT2D eigenvalue weighted by Gasteiger charge is 2.17. The zero-order valence-electron chi connectivity index (χ0n) is 11.1. The molecule has 0 amide bonds. The molecule has 19 heavy (non-hydrogen) atoms. The van der Waals surface area contributed by atoms with Gasteiger partial charge < -0.3 is 15.4 Å². The molecule has 1 unspecified atom stereocenters. The first kappa shape index (κ1) is 14.2. The largest absolute Gasteiger partial charge is 0.468 e. The Morgan fingerprint density at radius 1 is 1.47 bits per heavy atom. The molecular formula is C14H19ClN2O2. The van der Waals surface area contributed by atoms with Gasteiger partial charge in [0.2, 0.25) is 0 Å². The van der Waals surface area contributed by atoms with E-state index in [-0.39, 0.29) is 0 Å². The van der Waals surface area contributed by atoms with Gasteiger partial charge in [0.05, 0.1) is 7.11 Å². The lowest BCUT2D eigenvalue weighted by atomic mass is 10.1. The van der Waals surface area contributed by atoms with E-state index in [0.717, 1.165) is 24.3 Å². The number of ether oxygens (including phenoxy) is 1. The summed E-state index contributed by atoms with van der Waals surface area (Å²) in [5.74, 6) is -0.417. The summed E-state index contributed by atoms with van der Waals surface area (Å²) in [6.45, 7) is 2.16. The summed E-state index contributed by atoms with van der Waals surface area (Å²) in [5, 5.41) is 0.656. The number of halogens is 1. The third-order valence-electron chi connectivity index (χ3n) is 3.45. The lowest BCUT2D eigenvalue weighted by molar-refractivity contribution is -0.142. The minimum atomic E-state index is -0.667. The Kier molecular flexibility index (Phi) is 4.66. The molecule has 1 atom stereocenters. The zero-order valence-corrected chi connectivity index (χ0v) is 11.8. The van der Waals surface area contributed by atoms with Gasteiger partial charge in [0.25, 0.3) is 0 Å². The molecule has 1 heterocycles. The molecule has 0 aromatic heterocycles. The van der Waals surface area contributed by atoms with E-state index in [1.165, 1.54) is 20.0 Å². The summed E-state index contributed by atoms with van der Waals surface area (Å²) in [7, 11) is 1.33. The van der Waals surface area contributed by atoms with Crippen molar-refractivity contribution >= 4 is 23.3 Å². The molecule has 0 spiro atoms. The first-order valence-corrected chi connectivity index (χ1v) is 6.86. The van der Waals surface area contributed by atoms with Crippen LogP contribution in [0.4, 0.5) is 5.69 Å². The van der Waals surface area contributed by atoms with Crippen LogP contribution in [0.15, 0.2) is 18.2 Å². The number of methoxy groups -OCH3 is 1. The summed E-state index contributed by atoms with van der Waals surface area (Å²) in [5.41, 5.74) is 7.76. The molecule has 1 saturated heterocycles. The standard InChI is InChI=1S/C14H19ClN2O2/c1-19-14(18)13(16)8-10-4-5-11(9-12(10)15)17-6-2-3-7-17/h4-5,9,13H,2-3,6-8,16H2,1H3. The van der Waals surface area contributed by atoms with Gasteiger partial charge in [0.15, 0.2) is 0 Å². The van der Waals surface area contributed by atoms with Crippen LogP contribution in [0, 0.1) is 0 Å². The topological polar surface area (TPSA) is 55.6 Å². The molecule has 2 rings (SSSR count). The Morgan fingerprint density at radius 2 is 2.16 bits per heavy atom. The number of nitrogens with zero attached hydrogens (tertiary/aromatic N) is 1. The van der Waals surface area contributed by atoms with Crippen molar-refractivity contribution in [3.63, 3.8) is 0 Å². The van der Waals surface area contributed by atoms with E-state index in [9.17, 15) is 4.79 Å². The molecule has 1 fully saturated rings. The fraction of sp³-hybridized carbons (Fsp3) is 0.500. The van der Waals surface area contributed by atoms with Crippen molar-refractivity contribution in [1.29, 1.82) is 0 Å². The molecule has 1 aromatic carbocycles. The SMILES string of the molecule is COC(=O)C(N)Cc1ccc(N2CCCC2)cc1Cl. The van der Waals surface area contributed by atoms with E-state index in [0.29, 0.717) is 11.4 Å². The Hall–Kier alpha value is -1.26. The number of hydrogen-bond acceptors (Lipinski definition) is 4. The molecule has 1 aliphatic rings. The van der Waals surface area contributed by atoms with Gasteiger partial charge in [-0.15, -0.1) is 0 Å². The molecule has 1 aromatic rings. The summed E-state index contributed by atoms with van der Waals surface area (Å²) >= 11 is 6.27. The maximum atomic E-state index is 11.3. The molecular weight excluding hydrogens is 264 g/mol. The smallest absolute Gasteiger partial charge is 0.322 e. The number of carbonyl (C=O) groups excluding carboxylic acids is 1. The van der Waals surface area contributed by atoms with Crippen LogP contribution in [0.1, 0.15) is 18.4 Å². The van der Waals surface area contributed by atoms with Crippen molar-refractivity contribution in [2.45, 2.75) is 25.3 Å². The predicted octanol–water partition coefficient (Wildman–Crippen LogP) is 1.98. The van der Waals surface area contributed by atoms with Crippen LogP contribution in [0.3, 0.4) is 0 Å². The number of hydrogen-bond donors (Lipinski definition) is 1. The van der Waals surface area contributed by atoms with E-state index in [1.807, 2.05) is 18.2 Å². The maximum absolute atomic E-state index is 11.3. The van der Waals surface area contributed by atoms with E-state index in [1.54, 1.807) is 0 Å². The van der Waals surface area contributed by atoms with Crippen molar-refractivity contribution in [3.8, 4) is 0 Å². The number of rotatable bonds is 4. The van der Waals surface area contributed by atoms with Gasteiger partial charge in [0, 0.05) is 23.8 Å². The molecule has 4 nitrogen and oxygen atoms in total. The molecule has 0 aliphatic carbocycles. The van der Waals surface area contributed by atoms with Crippen molar-refractivity contribution in [2.24, 2.45) is 5.73 Å². The Morgan fingerprint density at radius 3 is 2.74 bits per heavy atom. The average molecular weight is 283 g/mol. The van der Waals surface area contributed by atoms with Crippen molar-refractivity contribution in [1.82, 2.24) is 0 Å². The van der Waals surface area contributed by atoms with E-state index < -0.39 is 12.0 Å². The molecule has 0 saturated carbocycles. The highest BCUT2D eigenvalue weighted by atomic mass is 35.5. The van der Waals surface area contributed by atoms with Crippen LogP contribution in [0.2, 0.25) is 5.02 Å². The second-order valence-electron chi connectivity index (χ2n) is 4.80. The van der Waals surface area contributed by atoms with Gasteiger partial charge in [0.1, 0.15) is 6.04 Å². The van der Waals surface area contributed by atoms with Gasteiger partial charge in [-0.05, 0) is 37.0 Å². The van der Waals surface area contributed by atoms with Crippen LogP contribution in [-0.4, -0.2) is 32.2 Å². The maximum Gasteiger partial charge on any atom is 0.322 e. The third-order valence-corrected chi connectivity index (χ3v) is 3.80. The molecule has 2 N–H and O–H groups in total. The summed E-state index contributed by atoms with van der Waals surface area (Å²) in [6.07, 6.45) is 2.85. The highest BCUT2D eigenvalue weighted by Crippen LogP contribution is 2.27. The number of esters is 1. The van der Waals surface area contributed by atoms with E-state index >= 15 is 0 Å². The van der Waals surface area contributed by atoms with Crippen LogP contribution < -0.4 is 10.6 Å². The number of carbonyl (C=O) groups is 1. The first-order valence-electron chi connectivity index (χ1n) is 6.48. The molecule has 0 radical (unpaired) electrons. The van der Waals surface area contributed by atoms with Gasteiger partial charge in [-0.1, -0.05) is 17.7 Å². The second kappa shape index (κ2) is 6.26. The summed E-state index contributed by atoms with van der Waals surface area (Å²) in [6, 6.07) is 5.27. The molecule has 5 heteroatoms. The fourth-order valence-electron chi connectivity index (χ4n) is 2.35. The van der Waals surface area contributed by atoms with E-state index in [4.69, 9.17) is 17.3 Å². The molecule has 104 valence electrons. The van der Waals surface area contributed by atoms with E-state index in [2.05, 4.69) is 9.64 Å². The normalized spacial score (nSPS) is 16.5. The lowest BCUT2D eigenvalue weighted by Gasteiger charge is -2.19. The van der Waals surface area contributed by atoms with Gasteiger partial charge >= 0.3 is 5.97 Å². The average Bonchev–Trinajstić information content (AvgIpc) is 2.94. The van der Waals surface area contributed by atoms with Gasteiger partial charge in [-0.2, -0.15) is 0 Å². The Bertz CT molecular complexity index is 459. The summed E-state index contributed by atoms with van der Waals surface area (Å²) < 4.78 is 4.61. The van der Waals surface area contributed by atoms with Gasteiger partial charge in [-0.3, -0.25) is 4.79 Å². The highest BCUT2D eigenvalue weighted by molar-refractivity contribution is 6.31. The minimum Gasteiger partial charge on any atom is -0.468 e. The second-order valence-corrected chi connectivity index (χ2v) is 5.21. The van der Waals surface area contributed by atoms with Gasteiger partial charge in [-0.25, -0.2) is 0 Å². The molecule has 0 bridgehead atoms. The quantitative estimate of drug-likeness (QED) is 0.858. The van der Waals surface area contributed by atoms with Crippen molar-refractivity contribution in [2.75, 3.05) is 25.1 Å². The van der Waals surface area contributed by atoms with Crippen molar-refractivity contribution in [3.05, 3.63) is 28.8 Å². The van der Waals surface area contributed by atoms with Crippen LogP contribution in [0.25, 0.3) is 0 Å². The fourth-order valence-corrected chi connectivity index (χ4v) is 2.60. The number of benzene rings is 1. The minimum absolute atomic E-state index is 0.395. The predicted molar refractivity (Wildman–Crippen MR) is 76.6 cm³/mol. The zero-order chi connectivity index (χ0) is 13.8. The summed E-state index contributed by atoms with van der Waals surface area (Å²) in [4.78, 5) is 13.6. The van der Waals surface area contributed by atoms with Crippen LogP contribution >= 0.6 is 11.6 Å². The molecule has 1 aliphatic heterocycles. The Balaban J connectivity index is 2.08.